The first-order chi connectivity index (χ1) is 17.2. The maximum absolute atomic E-state index is 13.0. The highest BCUT2D eigenvalue weighted by Crippen LogP contribution is 2.47. The van der Waals surface area contributed by atoms with Gasteiger partial charge in [-0.3, -0.25) is 0 Å². The van der Waals surface area contributed by atoms with Crippen LogP contribution in [0.25, 0.3) is 43.1 Å². The largest absolute Gasteiger partial charge is 0.462 e. The van der Waals surface area contributed by atoms with E-state index in [0.29, 0.717) is 34.4 Å². The van der Waals surface area contributed by atoms with Crippen molar-refractivity contribution in [1.29, 1.82) is 0 Å². The summed E-state index contributed by atoms with van der Waals surface area (Å²) < 4.78 is 11.1. The van der Waals surface area contributed by atoms with Crippen LogP contribution in [0.5, 0.6) is 0 Å². The Kier molecular flexibility index (Phi) is 6.44. The molecule has 6 heteroatoms. The van der Waals surface area contributed by atoms with E-state index < -0.39 is 11.9 Å². The summed E-state index contributed by atoms with van der Waals surface area (Å²) in [6.07, 6.45) is 0. The van der Waals surface area contributed by atoms with Gasteiger partial charge in [0.25, 0.3) is 0 Å². The monoisotopic (exact) mass is 520 g/mol. The summed E-state index contributed by atoms with van der Waals surface area (Å²) in [5.41, 5.74) is 0.837. The van der Waals surface area contributed by atoms with Crippen LogP contribution in [0.1, 0.15) is 48.4 Å². The van der Waals surface area contributed by atoms with Crippen LogP contribution >= 0.6 is 23.2 Å². The second-order valence-corrected chi connectivity index (χ2v) is 10.8. The molecule has 0 N–H and O–H groups in total. The van der Waals surface area contributed by atoms with Crippen LogP contribution in [-0.4, -0.2) is 25.2 Å². The predicted octanol–water partition coefficient (Wildman–Crippen LogP) is 8.67. The molecule has 0 saturated carbocycles. The van der Waals surface area contributed by atoms with Crippen LogP contribution < -0.4 is 0 Å². The molecule has 4 nitrogen and oxygen atoms in total. The maximum Gasteiger partial charge on any atom is 0.338 e. The third-order valence-electron chi connectivity index (χ3n) is 6.30. The van der Waals surface area contributed by atoms with Gasteiger partial charge in [0.15, 0.2) is 0 Å². The molecule has 0 atom stereocenters. The number of ether oxygens (including phenoxy) is 2. The van der Waals surface area contributed by atoms with E-state index in [9.17, 15) is 9.59 Å². The highest BCUT2D eigenvalue weighted by Gasteiger charge is 2.24. The van der Waals surface area contributed by atoms with E-state index >= 15 is 0 Å². The molecule has 0 amide bonds. The fourth-order valence-electron chi connectivity index (χ4n) is 4.81. The van der Waals surface area contributed by atoms with E-state index in [1.807, 2.05) is 64.1 Å². The first-order valence-corrected chi connectivity index (χ1v) is 12.8. The van der Waals surface area contributed by atoms with Gasteiger partial charge in [-0.25, -0.2) is 9.59 Å². The zero-order valence-electron chi connectivity index (χ0n) is 20.6. The molecule has 0 aliphatic rings. The Balaban J connectivity index is 1.85. The molecule has 0 radical (unpaired) electrons. The number of esters is 2. The Labute approximate surface area is 219 Å². The molecule has 0 aromatic heterocycles. The van der Waals surface area contributed by atoms with Crippen molar-refractivity contribution in [3.63, 3.8) is 0 Å². The summed E-state index contributed by atoms with van der Waals surface area (Å²) >= 11 is 13.7. The van der Waals surface area contributed by atoms with E-state index in [0.717, 1.165) is 43.1 Å². The standard InChI is InChI=1S/C30H26Cl2O4/c1-15(2)13-35-29(33)21-11-23(31)27-20-10-6-8-18-22(30(34)36-14-16(3)4)12-24(32)28(26(18)20)19-9-5-7-17(21)25(19)27/h5-12,15-16H,13-14H2,1-4H3. The molecule has 0 spiro atoms. The fourth-order valence-corrected chi connectivity index (χ4v) is 5.42. The number of benzene rings is 5. The van der Waals surface area contributed by atoms with Crippen LogP contribution in [0.3, 0.4) is 0 Å². The molecular weight excluding hydrogens is 495 g/mol. The van der Waals surface area contributed by atoms with Crippen molar-refractivity contribution in [3.8, 4) is 0 Å². The summed E-state index contributed by atoms with van der Waals surface area (Å²) in [4.78, 5) is 26.0. The quantitative estimate of drug-likeness (QED) is 0.127. The van der Waals surface area contributed by atoms with Crippen molar-refractivity contribution in [2.75, 3.05) is 13.2 Å². The molecule has 0 aliphatic heterocycles. The average Bonchev–Trinajstić information content (AvgIpc) is 2.85. The lowest BCUT2D eigenvalue weighted by atomic mass is 9.87. The second-order valence-electron chi connectivity index (χ2n) is 10.0. The first-order valence-electron chi connectivity index (χ1n) is 12.0. The first kappa shape index (κ1) is 24.6. The lowest BCUT2D eigenvalue weighted by molar-refractivity contribution is 0.0453. The zero-order chi connectivity index (χ0) is 25.7. The Morgan fingerprint density at radius 3 is 1.36 bits per heavy atom. The van der Waals surface area contributed by atoms with Crippen molar-refractivity contribution < 1.29 is 19.1 Å². The van der Waals surface area contributed by atoms with Gasteiger partial charge in [-0.1, -0.05) is 87.3 Å². The van der Waals surface area contributed by atoms with E-state index in [2.05, 4.69) is 0 Å². The summed E-state index contributed by atoms with van der Waals surface area (Å²) in [7, 11) is 0. The lowest BCUT2D eigenvalue weighted by Gasteiger charge is -2.19. The van der Waals surface area contributed by atoms with Gasteiger partial charge in [-0.2, -0.15) is 0 Å². The van der Waals surface area contributed by atoms with Gasteiger partial charge in [-0.05, 0) is 56.3 Å². The van der Waals surface area contributed by atoms with Gasteiger partial charge in [-0.15, -0.1) is 0 Å². The Morgan fingerprint density at radius 2 is 1.00 bits per heavy atom. The van der Waals surface area contributed by atoms with Gasteiger partial charge in [0.05, 0.1) is 24.3 Å². The van der Waals surface area contributed by atoms with Crippen molar-refractivity contribution in [2.45, 2.75) is 27.7 Å². The van der Waals surface area contributed by atoms with Gasteiger partial charge in [0, 0.05) is 20.8 Å². The molecule has 0 unspecified atom stereocenters. The number of fused-ring (bicyclic) bond motifs is 2. The fraction of sp³-hybridized carbons (Fsp3) is 0.267. The zero-order valence-corrected chi connectivity index (χ0v) is 22.1. The Morgan fingerprint density at radius 1 is 0.639 bits per heavy atom. The maximum atomic E-state index is 13.0. The molecule has 184 valence electrons. The topological polar surface area (TPSA) is 52.6 Å². The second kappa shape index (κ2) is 9.42. The number of rotatable bonds is 6. The third-order valence-corrected chi connectivity index (χ3v) is 6.90. The number of carbonyl (C=O) groups is 2. The minimum atomic E-state index is -0.410. The molecule has 0 bridgehead atoms. The highest BCUT2D eigenvalue weighted by molar-refractivity contribution is 6.48. The summed E-state index contributed by atoms with van der Waals surface area (Å²) in [5, 5.41) is 7.41. The number of hydrogen-bond acceptors (Lipinski definition) is 4. The summed E-state index contributed by atoms with van der Waals surface area (Å²) in [6.45, 7) is 8.61. The van der Waals surface area contributed by atoms with Gasteiger partial charge in [0.1, 0.15) is 0 Å². The van der Waals surface area contributed by atoms with E-state index in [1.54, 1.807) is 12.1 Å². The number of hydrogen-bond donors (Lipinski definition) is 0. The van der Waals surface area contributed by atoms with E-state index in [1.165, 1.54) is 0 Å². The van der Waals surface area contributed by atoms with E-state index in [4.69, 9.17) is 32.7 Å². The smallest absolute Gasteiger partial charge is 0.338 e. The van der Waals surface area contributed by atoms with Gasteiger partial charge in [0.2, 0.25) is 0 Å². The van der Waals surface area contributed by atoms with Crippen LogP contribution in [0.2, 0.25) is 10.0 Å². The predicted molar refractivity (Wildman–Crippen MR) is 148 cm³/mol. The average molecular weight is 521 g/mol. The molecule has 5 rings (SSSR count). The molecule has 5 aromatic carbocycles. The van der Waals surface area contributed by atoms with Crippen molar-refractivity contribution in [1.82, 2.24) is 0 Å². The van der Waals surface area contributed by atoms with Crippen LogP contribution in [0.4, 0.5) is 0 Å². The summed E-state index contributed by atoms with van der Waals surface area (Å²) in [5.74, 6) is -0.386. The number of halogens is 2. The Hall–Kier alpha value is -3.08. The molecule has 0 fully saturated rings. The van der Waals surface area contributed by atoms with Crippen molar-refractivity contribution in [3.05, 3.63) is 69.7 Å². The van der Waals surface area contributed by atoms with Crippen molar-refractivity contribution >= 4 is 78.2 Å². The molecule has 0 aliphatic carbocycles. The molecule has 0 heterocycles. The molecular formula is C30H26Cl2O4. The SMILES string of the molecule is CC(C)COC(=O)c1cc(Cl)c2c3cccc4c(C(=O)OCC(C)C)cc(Cl)c(c5cccc1c52)c43. The van der Waals surface area contributed by atoms with Crippen LogP contribution in [0, 0.1) is 11.8 Å². The summed E-state index contributed by atoms with van der Waals surface area (Å²) in [6, 6.07) is 14.9. The minimum Gasteiger partial charge on any atom is -0.462 e. The molecule has 5 aromatic rings. The van der Waals surface area contributed by atoms with Crippen LogP contribution in [0.15, 0.2) is 48.5 Å². The van der Waals surface area contributed by atoms with Crippen LogP contribution in [-0.2, 0) is 9.47 Å². The van der Waals surface area contributed by atoms with Gasteiger partial charge >= 0.3 is 11.9 Å². The molecule has 36 heavy (non-hydrogen) atoms. The molecule has 0 saturated heterocycles. The van der Waals surface area contributed by atoms with Crippen molar-refractivity contribution in [2.24, 2.45) is 11.8 Å². The lowest BCUT2D eigenvalue weighted by Crippen LogP contribution is -2.11. The normalized spacial score (nSPS) is 12.0. The highest BCUT2D eigenvalue weighted by atomic mass is 35.5. The van der Waals surface area contributed by atoms with E-state index in [-0.39, 0.29) is 11.8 Å². The minimum absolute atomic E-state index is 0.217. The number of carbonyl (C=O) groups excluding carboxylic acids is 2. The van der Waals surface area contributed by atoms with Gasteiger partial charge < -0.3 is 9.47 Å². The Bertz CT molecular complexity index is 1530. The third kappa shape index (κ3) is 4.03.